The number of nitrogen functional groups attached to an aromatic ring is 1. The van der Waals surface area contributed by atoms with Crippen LogP contribution < -0.4 is 11.1 Å². The van der Waals surface area contributed by atoms with Crippen molar-refractivity contribution in [2.75, 3.05) is 11.1 Å². The fraction of sp³-hybridized carbons (Fsp3) is 0.125. The van der Waals surface area contributed by atoms with Crippen LogP contribution in [-0.4, -0.2) is 11.7 Å². The van der Waals surface area contributed by atoms with E-state index in [-0.39, 0.29) is 11.7 Å². The number of anilines is 2. The molecule has 0 spiro atoms. The number of carbonyl (C=O) groups excluding carboxylic acids is 2. The molecule has 2 rings (SSSR count). The van der Waals surface area contributed by atoms with Gasteiger partial charge in [0.1, 0.15) is 0 Å². The van der Waals surface area contributed by atoms with E-state index >= 15 is 0 Å². The standard InChI is InChI=1S/C16H16N2O2/c1-10-3-8-15(17)14(9-10)16(20)12-4-6-13(7-5-12)18-11(2)19/h3-9H,17H2,1-2H3,(H,18,19). The lowest BCUT2D eigenvalue weighted by molar-refractivity contribution is -0.114. The molecule has 4 heteroatoms. The van der Waals surface area contributed by atoms with Crippen LogP contribution in [0, 0.1) is 6.92 Å². The number of nitrogens with two attached hydrogens (primary N) is 1. The summed E-state index contributed by atoms with van der Waals surface area (Å²) in [7, 11) is 0. The molecule has 0 bridgehead atoms. The zero-order valence-electron chi connectivity index (χ0n) is 11.4. The minimum Gasteiger partial charge on any atom is -0.398 e. The number of carbonyl (C=O) groups is 2. The van der Waals surface area contributed by atoms with Gasteiger partial charge < -0.3 is 11.1 Å². The van der Waals surface area contributed by atoms with Crippen LogP contribution in [-0.2, 0) is 4.79 Å². The van der Waals surface area contributed by atoms with E-state index in [1.54, 1.807) is 36.4 Å². The highest BCUT2D eigenvalue weighted by atomic mass is 16.1. The molecule has 4 nitrogen and oxygen atoms in total. The van der Waals surface area contributed by atoms with Crippen molar-refractivity contribution in [3.63, 3.8) is 0 Å². The van der Waals surface area contributed by atoms with Gasteiger partial charge in [-0.15, -0.1) is 0 Å². The first-order chi connectivity index (χ1) is 9.47. The Balaban J connectivity index is 2.29. The van der Waals surface area contributed by atoms with Crippen LogP contribution in [0.3, 0.4) is 0 Å². The maximum atomic E-state index is 12.4. The van der Waals surface area contributed by atoms with E-state index in [1.807, 2.05) is 13.0 Å². The first-order valence-electron chi connectivity index (χ1n) is 6.26. The molecule has 0 unspecified atom stereocenters. The Morgan fingerprint density at radius 3 is 2.30 bits per heavy atom. The van der Waals surface area contributed by atoms with Gasteiger partial charge in [0, 0.05) is 29.4 Å². The number of rotatable bonds is 3. The van der Waals surface area contributed by atoms with E-state index in [2.05, 4.69) is 5.32 Å². The Morgan fingerprint density at radius 2 is 1.70 bits per heavy atom. The predicted molar refractivity (Wildman–Crippen MR) is 79.8 cm³/mol. The van der Waals surface area contributed by atoms with Crippen LogP contribution in [0.2, 0.25) is 0 Å². The third-order valence-electron chi connectivity index (χ3n) is 2.92. The van der Waals surface area contributed by atoms with Crippen molar-refractivity contribution in [1.82, 2.24) is 0 Å². The molecular weight excluding hydrogens is 252 g/mol. The second-order valence-corrected chi connectivity index (χ2v) is 4.68. The third kappa shape index (κ3) is 3.03. The lowest BCUT2D eigenvalue weighted by Crippen LogP contribution is -2.08. The molecule has 0 fully saturated rings. The van der Waals surface area contributed by atoms with E-state index in [1.165, 1.54) is 6.92 Å². The summed E-state index contributed by atoms with van der Waals surface area (Å²) in [6, 6.07) is 12.1. The van der Waals surface area contributed by atoms with Gasteiger partial charge in [0.2, 0.25) is 5.91 Å². The summed E-state index contributed by atoms with van der Waals surface area (Å²) >= 11 is 0. The van der Waals surface area contributed by atoms with Crippen LogP contribution in [0.1, 0.15) is 28.4 Å². The average Bonchev–Trinajstić information content (AvgIpc) is 2.41. The third-order valence-corrected chi connectivity index (χ3v) is 2.92. The molecule has 0 atom stereocenters. The number of nitrogens with one attached hydrogen (secondary N) is 1. The monoisotopic (exact) mass is 268 g/mol. The highest BCUT2D eigenvalue weighted by Gasteiger charge is 2.12. The van der Waals surface area contributed by atoms with Gasteiger partial charge in [-0.05, 0) is 43.3 Å². The molecule has 0 aliphatic heterocycles. The fourth-order valence-corrected chi connectivity index (χ4v) is 1.93. The Morgan fingerprint density at radius 1 is 1.05 bits per heavy atom. The number of hydrogen-bond acceptors (Lipinski definition) is 3. The molecule has 0 saturated heterocycles. The van der Waals surface area contributed by atoms with Crippen molar-refractivity contribution in [2.24, 2.45) is 0 Å². The zero-order chi connectivity index (χ0) is 14.7. The number of aryl methyl sites for hydroxylation is 1. The Kier molecular flexibility index (Phi) is 3.84. The summed E-state index contributed by atoms with van der Waals surface area (Å²) in [4.78, 5) is 23.3. The molecule has 102 valence electrons. The Labute approximate surface area is 117 Å². The molecule has 2 aromatic rings. The molecule has 3 N–H and O–H groups in total. The second-order valence-electron chi connectivity index (χ2n) is 4.68. The molecule has 0 aliphatic rings. The minimum absolute atomic E-state index is 0.124. The first kappa shape index (κ1) is 13.8. The van der Waals surface area contributed by atoms with E-state index in [0.29, 0.717) is 22.5 Å². The van der Waals surface area contributed by atoms with Crippen LogP contribution in [0.25, 0.3) is 0 Å². The van der Waals surface area contributed by atoms with Crippen LogP contribution >= 0.6 is 0 Å². The highest BCUT2D eigenvalue weighted by Crippen LogP contribution is 2.19. The predicted octanol–water partition coefficient (Wildman–Crippen LogP) is 2.77. The quantitative estimate of drug-likeness (QED) is 0.664. The lowest BCUT2D eigenvalue weighted by atomic mass is 10.00. The van der Waals surface area contributed by atoms with Gasteiger partial charge in [-0.25, -0.2) is 0 Å². The van der Waals surface area contributed by atoms with Gasteiger partial charge in [0.15, 0.2) is 5.78 Å². The van der Waals surface area contributed by atoms with Gasteiger partial charge in [0.05, 0.1) is 0 Å². The van der Waals surface area contributed by atoms with Crippen molar-refractivity contribution in [3.05, 3.63) is 59.2 Å². The van der Waals surface area contributed by atoms with Gasteiger partial charge in [-0.2, -0.15) is 0 Å². The molecule has 0 saturated carbocycles. The SMILES string of the molecule is CC(=O)Nc1ccc(C(=O)c2cc(C)ccc2N)cc1. The summed E-state index contributed by atoms with van der Waals surface area (Å²) in [6.07, 6.45) is 0. The summed E-state index contributed by atoms with van der Waals surface area (Å²) < 4.78 is 0. The molecule has 20 heavy (non-hydrogen) atoms. The Bertz CT molecular complexity index is 661. The van der Waals surface area contributed by atoms with Crippen LogP contribution in [0.4, 0.5) is 11.4 Å². The normalized spacial score (nSPS) is 10.1. The maximum Gasteiger partial charge on any atom is 0.221 e. The molecular formula is C16H16N2O2. The fourth-order valence-electron chi connectivity index (χ4n) is 1.93. The Hall–Kier alpha value is -2.62. The highest BCUT2D eigenvalue weighted by molar-refractivity contribution is 6.12. The summed E-state index contributed by atoms with van der Waals surface area (Å²) in [5, 5.41) is 2.66. The second kappa shape index (κ2) is 5.57. The lowest BCUT2D eigenvalue weighted by Gasteiger charge is -2.07. The maximum absolute atomic E-state index is 12.4. The van der Waals surface area contributed by atoms with Crippen molar-refractivity contribution in [1.29, 1.82) is 0 Å². The largest absolute Gasteiger partial charge is 0.398 e. The molecule has 0 heterocycles. The summed E-state index contributed by atoms with van der Waals surface area (Å²) in [6.45, 7) is 3.35. The van der Waals surface area contributed by atoms with E-state index in [4.69, 9.17) is 5.73 Å². The van der Waals surface area contributed by atoms with E-state index in [9.17, 15) is 9.59 Å². The number of amides is 1. The summed E-state index contributed by atoms with van der Waals surface area (Å²) in [5.41, 5.74) is 8.99. The zero-order valence-corrected chi connectivity index (χ0v) is 11.4. The smallest absolute Gasteiger partial charge is 0.221 e. The van der Waals surface area contributed by atoms with Crippen molar-refractivity contribution >= 4 is 23.1 Å². The number of hydrogen-bond donors (Lipinski definition) is 2. The van der Waals surface area contributed by atoms with Gasteiger partial charge >= 0.3 is 0 Å². The number of benzene rings is 2. The van der Waals surface area contributed by atoms with Crippen molar-refractivity contribution in [3.8, 4) is 0 Å². The molecule has 0 aromatic heterocycles. The van der Waals surface area contributed by atoms with E-state index in [0.717, 1.165) is 5.56 Å². The topological polar surface area (TPSA) is 72.2 Å². The molecule has 0 radical (unpaired) electrons. The van der Waals surface area contributed by atoms with Gasteiger partial charge in [-0.3, -0.25) is 9.59 Å². The minimum atomic E-state index is -0.146. The van der Waals surface area contributed by atoms with Gasteiger partial charge in [-0.1, -0.05) is 11.6 Å². The average molecular weight is 268 g/mol. The van der Waals surface area contributed by atoms with Crippen LogP contribution in [0.5, 0.6) is 0 Å². The molecule has 2 aromatic carbocycles. The summed E-state index contributed by atoms with van der Waals surface area (Å²) in [5.74, 6) is -0.271. The molecule has 0 aliphatic carbocycles. The molecule has 1 amide bonds. The first-order valence-corrected chi connectivity index (χ1v) is 6.26. The van der Waals surface area contributed by atoms with Crippen LogP contribution in [0.15, 0.2) is 42.5 Å². The van der Waals surface area contributed by atoms with Gasteiger partial charge in [0.25, 0.3) is 0 Å². The van der Waals surface area contributed by atoms with E-state index < -0.39 is 0 Å². The number of ketones is 1. The van der Waals surface area contributed by atoms with Crippen molar-refractivity contribution < 1.29 is 9.59 Å². The van der Waals surface area contributed by atoms with Crippen molar-refractivity contribution in [2.45, 2.75) is 13.8 Å².